The van der Waals surface area contributed by atoms with Crippen LogP contribution in [-0.2, 0) is 6.42 Å². The highest BCUT2D eigenvalue weighted by Crippen LogP contribution is 2.35. The van der Waals surface area contributed by atoms with Crippen LogP contribution >= 0.6 is 0 Å². The zero-order valence-corrected chi connectivity index (χ0v) is 19.4. The average Bonchev–Trinajstić information content (AvgIpc) is 2.76. The van der Waals surface area contributed by atoms with Gasteiger partial charge in [0.2, 0.25) is 0 Å². The zero-order valence-electron chi connectivity index (χ0n) is 19.4. The Balaban J connectivity index is 1.45. The van der Waals surface area contributed by atoms with Crippen LogP contribution in [-0.4, -0.2) is 6.54 Å². The molecular formula is C27H28N2O4. The highest BCUT2D eigenvalue weighted by molar-refractivity contribution is 5.86. The SMILES string of the molecule is Cc1c(C)c2cc3c(cc2oc1=O)NCC(CC(C)c1c(C)c2ccc(N)cc2oc1=O)C3. The monoisotopic (exact) mass is 444 g/mol. The first-order chi connectivity index (χ1) is 15.7. The van der Waals surface area contributed by atoms with E-state index in [1.54, 1.807) is 13.0 Å². The highest BCUT2D eigenvalue weighted by atomic mass is 16.4. The summed E-state index contributed by atoms with van der Waals surface area (Å²) in [6.45, 7) is 8.65. The molecule has 0 aliphatic carbocycles. The summed E-state index contributed by atoms with van der Waals surface area (Å²) in [4.78, 5) is 24.9. The normalized spacial score (nSPS) is 16.5. The molecule has 5 rings (SSSR count). The first-order valence-corrected chi connectivity index (χ1v) is 11.4. The Morgan fingerprint density at radius 3 is 2.48 bits per heavy atom. The van der Waals surface area contributed by atoms with E-state index in [9.17, 15) is 9.59 Å². The van der Waals surface area contributed by atoms with Crippen LogP contribution in [0.25, 0.3) is 21.9 Å². The van der Waals surface area contributed by atoms with Gasteiger partial charge >= 0.3 is 11.3 Å². The van der Waals surface area contributed by atoms with Crippen molar-refractivity contribution in [2.75, 3.05) is 17.6 Å². The molecule has 2 unspecified atom stereocenters. The van der Waals surface area contributed by atoms with Gasteiger partial charge in [0, 0.05) is 52.0 Å². The number of aryl methyl sites for hydroxylation is 2. The maximum atomic E-state index is 12.8. The second kappa shape index (κ2) is 7.80. The summed E-state index contributed by atoms with van der Waals surface area (Å²) < 4.78 is 11.1. The van der Waals surface area contributed by atoms with E-state index in [0.717, 1.165) is 52.5 Å². The molecule has 0 saturated carbocycles. The van der Waals surface area contributed by atoms with Crippen LogP contribution in [0.15, 0.2) is 48.8 Å². The summed E-state index contributed by atoms with van der Waals surface area (Å²) >= 11 is 0. The van der Waals surface area contributed by atoms with E-state index >= 15 is 0 Å². The summed E-state index contributed by atoms with van der Waals surface area (Å²) in [7, 11) is 0. The number of benzene rings is 2. The van der Waals surface area contributed by atoms with Crippen molar-refractivity contribution in [2.24, 2.45) is 5.92 Å². The largest absolute Gasteiger partial charge is 0.422 e. The molecule has 3 N–H and O–H groups in total. The van der Waals surface area contributed by atoms with Gasteiger partial charge in [0.15, 0.2) is 0 Å². The number of hydrogen-bond acceptors (Lipinski definition) is 6. The lowest BCUT2D eigenvalue weighted by molar-refractivity contribution is 0.443. The Hall–Kier alpha value is -3.54. The topological polar surface area (TPSA) is 98.5 Å². The molecule has 6 heteroatoms. The second-order valence-corrected chi connectivity index (χ2v) is 9.42. The molecule has 0 saturated heterocycles. The molecule has 33 heavy (non-hydrogen) atoms. The van der Waals surface area contributed by atoms with Gasteiger partial charge < -0.3 is 19.9 Å². The molecule has 0 fully saturated rings. The van der Waals surface area contributed by atoms with Gasteiger partial charge in [0.05, 0.1) is 0 Å². The van der Waals surface area contributed by atoms with Crippen molar-refractivity contribution in [3.05, 3.63) is 79.0 Å². The minimum Gasteiger partial charge on any atom is -0.422 e. The Morgan fingerprint density at radius 1 is 0.970 bits per heavy atom. The third-order valence-corrected chi connectivity index (χ3v) is 7.19. The third-order valence-electron chi connectivity index (χ3n) is 7.19. The summed E-state index contributed by atoms with van der Waals surface area (Å²) in [6.07, 6.45) is 1.76. The Bertz CT molecular complexity index is 1530. The summed E-state index contributed by atoms with van der Waals surface area (Å²) in [6, 6.07) is 9.54. The van der Waals surface area contributed by atoms with Gasteiger partial charge in [-0.25, -0.2) is 9.59 Å². The summed E-state index contributed by atoms with van der Waals surface area (Å²) in [5, 5.41) is 5.41. The molecule has 2 aromatic heterocycles. The van der Waals surface area contributed by atoms with Gasteiger partial charge in [-0.2, -0.15) is 0 Å². The van der Waals surface area contributed by atoms with Gasteiger partial charge in [0.1, 0.15) is 11.2 Å². The number of nitrogens with one attached hydrogen (secondary N) is 1. The number of fused-ring (bicyclic) bond motifs is 3. The lowest BCUT2D eigenvalue weighted by Crippen LogP contribution is -2.26. The predicted octanol–water partition coefficient (Wildman–Crippen LogP) is 5.18. The van der Waals surface area contributed by atoms with Crippen molar-refractivity contribution in [3.63, 3.8) is 0 Å². The van der Waals surface area contributed by atoms with Crippen molar-refractivity contribution in [3.8, 4) is 0 Å². The molecule has 3 heterocycles. The fourth-order valence-corrected chi connectivity index (χ4v) is 5.25. The maximum absolute atomic E-state index is 12.8. The molecule has 0 radical (unpaired) electrons. The molecular weight excluding hydrogens is 416 g/mol. The van der Waals surface area contributed by atoms with E-state index in [0.29, 0.717) is 28.3 Å². The number of nitrogens with two attached hydrogens (primary N) is 1. The highest BCUT2D eigenvalue weighted by Gasteiger charge is 2.25. The minimum absolute atomic E-state index is 0.0546. The van der Waals surface area contributed by atoms with Crippen LogP contribution in [0.5, 0.6) is 0 Å². The number of hydrogen-bond donors (Lipinski definition) is 2. The van der Waals surface area contributed by atoms with E-state index in [-0.39, 0.29) is 17.2 Å². The van der Waals surface area contributed by atoms with E-state index in [4.69, 9.17) is 14.6 Å². The smallest absolute Gasteiger partial charge is 0.339 e. The fourth-order valence-electron chi connectivity index (χ4n) is 5.25. The Morgan fingerprint density at radius 2 is 1.70 bits per heavy atom. The van der Waals surface area contributed by atoms with Crippen molar-refractivity contribution < 1.29 is 8.83 Å². The molecule has 1 aliphatic heterocycles. The molecule has 1 aliphatic rings. The minimum atomic E-state index is -0.283. The second-order valence-electron chi connectivity index (χ2n) is 9.42. The lowest BCUT2D eigenvalue weighted by Gasteiger charge is -2.29. The molecule has 0 amide bonds. The summed E-state index contributed by atoms with van der Waals surface area (Å²) in [5.41, 5.74) is 12.6. The van der Waals surface area contributed by atoms with Crippen molar-refractivity contribution >= 4 is 33.3 Å². The van der Waals surface area contributed by atoms with Crippen LogP contribution in [0.1, 0.15) is 47.1 Å². The predicted molar refractivity (Wildman–Crippen MR) is 132 cm³/mol. The van der Waals surface area contributed by atoms with Crippen LogP contribution in [0.3, 0.4) is 0 Å². The molecule has 2 atom stereocenters. The van der Waals surface area contributed by atoms with Gasteiger partial charge in [-0.1, -0.05) is 6.92 Å². The van der Waals surface area contributed by atoms with E-state index in [2.05, 4.69) is 18.3 Å². The van der Waals surface area contributed by atoms with Crippen LogP contribution in [0.4, 0.5) is 11.4 Å². The van der Waals surface area contributed by atoms with E-state index in [1.165, 1.54) is 5.56 Å². The quantitative estimate of drug-likeness (QED) is 0.333. The number of anilines is 2. The van der Waals surface area contributed by atoms with E-state index in [1.807, 2.05) is 32.0 Å². The van der Waals surface area contributed by atoms with Crippen molar-refractivity contribution in [1.82, 2.24) is 0 Å². The Kier molecular flexibility index (Phi) is 5.04. The molecule has 6 nitrogen and oxygen atoms in total. The summed E-state index contributed by atoms with van der Waals surface area (Å²) in [5.74, 6) is 0.419. The first-order valence-electron chi connectivity index (χ1n) is 11.4. The molecule has 0 bridgehead atoms. The standard InChI is InChI=1S/C27H28N2O4/c1-13(25-16(4)20-6-5-19(28)10-23(20)33-27(25)31)7-17-8-18-9-21-14(2)15(3)26(30)32-24(21)11-22(18)29-12-17/h5-6,9-11,13,17,29H,7-8,12,28H2,1-4H3. The average molecular weight is 445 g/mol. The van der Waals surface area contributed by atoms with Gasteiger partial charge in [0.25, 0.3) is 0 Å². The van der Waals surface area contributed by atoms with Gasteiger partial charge in [-0.3, -0.25) is 0 Å². The zero-order chi connectivity index (χ0) is 23.4. The van der Waals surface area contributed by atoms with Crippen LogP contribution in [0.2, 0.25) is 0 Å². The number of rotatable bonds is 3. The van der Waals surface area contributed by atoms with Crippen LogP contribution in [0, 0.1) is 26.7 Å². The number of nitrogen functional groups attached to an aromatic ring is 1. The van der Waals surface area contributed by atoms with Crippen molar-refractivity contribution in [1.29, 1.82) is 0 Å². The van der Waals surface area contributed by atoms with E-state index < -0.39 is 0 Å². The third kappa shape index (κ3) is 3.59. The van der Waals surface area contributed by atoms with Crippen molar-refractivity contribution in [2.45, 2.75) is 46.5 Å². The van der Waals surface area contributed by atoms with Gasteiger partial charge in [-0.05, 0) is 80.3 Å². The molecule has 170 valence electrons. The van der Waals surface area contributed by atoms with Crippen LogP contribution < -0.4 is 22.3 Å². The van der Waals surface area contributed by atoms with Gasteiger partial charge in [-0.15, -0.1) is 0 Å². The molecule has 2 aromatic carbocycles. The molecule has 0 spiro atoms. The first kappa shape index (κ1) is 21.3. The lowest BCUT2D eigenvalue weighted by atomic mass is 9.83. The molecule has 4 aromatic rings. The Labute approximate surface area is 191 Å². The fraction of sp³-hybridized carbons (Fsp3) is 0.333. The maximum Gasteiger partial charge on any atom is 0.339 e.